The maximum Gasteiger partial charge on any atom is 0.272 e. The Morgan fingerprint density at radius 2 is 2.31 bits per heavy atom. The van der Waals surface area contributed by atoms with E-state index in [-0.39, 0.29) is 11.7 Å². The molecule has 0 saturated carbocycles. The third kappa shape index (κ3) is 1.96. The molecule has 0 bridgehead atoms. The summed E-state index contributed by atoms with van der Waals surface area (Å²) in [5, 5.41) is 10.4. The van der Waals surface area contributed by atoms with Gasteiger partial charge in [0.2, 0.25) is 0 Å². The molecule has 2 rings (SSSR count). The Kier molecular flexibility index (Phi) is 2.74. The summed E-state index contributed by atoms with van der Waals surface area (Å²) in [7, 11) is 0. The van der Waals surface area contributed by atoms with Gasteiger partial charge in [-0.3, -0.25) is 10.1 Å². The maximum absolute atomic E-state index is 13.6. The van der Waals surface area contributed by atoms with Crippen LogP contribution in [0.5, 0.6) is 0 Å². The molecular formula is C10H12FN3O2. The molecule has 1 aromatic rings. The molecule has 0 aliphatic carbocycles. The first-order valence-corrected chi connectivity index (χ1v) is 5.02. The molecule has 0 spiro atoms. The highest BCUT2D eigenvalue weighted by Gasteiger charge is 2.22. The Morgan fingerprint density at radius 1 is 1.56 bits per heavy atom. The van der Waals surface area contributed by atoms with Crippen molar-refractivity contribution in [3.8, 4) is 0 Å². The summed E-state index contributed by atoms with van der Waals surface area (Å²) in [6.07, 6.45) is 0.816. The number of nitro groups is 1. The second-order valence-electron chi connectivity index (χ2n) is 3.89. The third-order valence-corrected chi connectivity index (χ3v) is 2.71. The topological polar surface area (TPSA) is 72.4 Å². The number of hydrogen-bond donors (Lipinski definition) is 1. The maximum atomic E-state index is 13.6. The predicted molar refractivity (Wildman–Crippen MR) is 57.9 cm³/mol. The molecule has 1 heterocycles. The minimum absolute atomic E-state index is 0.0505. The second kappa shape index (κ2) is 4.05. The largest absolute Gasteiger partial charge is 0.368 e. The molecule has 16 heavy (non-hydrogen) atoms. The van der Waals surface area contributed by atoms with E-state index in [1.54, 1.807) is 0 Å². The van der Waals surface area contributed by atoms with Crippen molar-refractivity contribution in [2.75, 3.05) is 18.0 Å². The Bertz CT molecular complexity index is 425. The van der Waals surface area contributed by atoms with E-state index in [1.807, 2.05) is 4.90 Å². The molecule has 5 nitrogen and oxygen atoms in total. The lowest BCUT2D eigenvalue weighted by Gasteiger charge is -2.18. The Morgan fingerprint density at radius 3 is 2.81 bits per heavy atom. The van der Waals surface area contributed by atoms with Crippen molar-refractivity contribution in [3.63, 3.8) is 0 Å². The number of rotatable bonds is 2. The summed E-state index contributed by atoms with van der Waals surface area (Å²) in [4.78, 5) is 11.6. The van der Waals surface area contributed by atoms with E-state index in [0.29, 0.717) is 18.8 Å². The van der Waals surface area contributed by atoms with Crippen LogP contribution in [0.15, 0.2) is 18.2 Å². The Labute approximate surface area is 91.8 Å². The zero-order valence-corrected chi connectivity index (χ0v) is 8.60. The quantitative estimate of drug-likeness (QED) is 0.607. The highest BCUT2D eigenvalue weighted by molar-refractivity contribution is 5.53. The van der Waals surface area contributed by atoms with E-state index < -0.39 is 10.7 Å². The standard InChI is InChI=1S/C10H12FN3O2/c11-9-5-8(14(15)16)1-2-10(9)13-4-3-7(12)6-13/h1-2,5,7H,3-4,6,12H2. The molecule has 1 saturated heterocycles. The molecule has 0 amide bonds. The number of nitrogens with two attached hydrogens (primary N) is 1. The van der Waals surface area contributed by atoms with Gasteiger partial charge < -0.3 is 10.6 Å². The number of halogens is 1. The highest BCUT2D eigenvalue weighted by Crippen LogP contribution is 2.26. The number of nitrogens with zero attached hydrogens (tertiary/aromatic N) is 2. The van der Waals surface area contributed by atoms with E-state index >= 15 is 0 Å². The van der Waals surface area contributed by atoms with Crippen LogP contribution in [0, 0.1) is 15.9 Å². The SMILES string of the molecule is NC1CCN(c2ccc([N+](=O)[O-])cc2F)C1. The van der Waals surface area contributed by atoms with Crippen LogP contribution < -0.4 is 10.6 Å². The van der Waals surface area contributed by atoms with Gasteiger partial charge in [-0.2, -0.15) is 0 Å². The van der Waals surface area contributed by atoms with Crippen LogP contribution >= 0.6 is 0 Å². The average Bonchev–Trinajstić information content (AvgIpc) is 2.64. The van der Waals surface area contributed by atoms with Gasteiger partial charge in [0.05, 0.1) is 16.7 Å². The fourth-order valence-corrected chi connectivity index (χ4v) is 1.87. The zero-order valence-electron chi connectivity index (χ0n) is 8.60. The molecule has 0 aromatic heterocycles. The van der Waals surface area contributed by atoms with Crippen LogP contribution in [0.1, 0.15) is 6.42 Å². The van der Waals surface area contributed by atoms with Gasteiger partial charge >= 0.3 is 0 Å². The summed E-state index contributed by atoms with van der Waals surface area (Å²) < 4.78 is 13.6. The number of non-ortho nitro benzene ring substituents is 1. The summed E-state index contributed by atoms with van der Waals surface area (Å²) in [6.45, 7) is 1.28. The van der Waals surface area contributed by atoms with Gasteiger partial charge in [-0.25, -0.2) is 4.39 Å². The van der Waals surface area contributed by atoms with Crippen molar-refractivity contribution in [2.45, 2.75) is 12.5 Å². The Hall–Kier alpha value is -1.69. The lowest BCUT2D eigenvalue weighted by molar-refractivity contribution is -0.385. The second-order valence-corrected chi connectivity index (χ2v) is 3.89. The molecule has 1 aliphatic rings. The van der Waals surface area contributed by atoms with Crippen LogP contribution in [0.3, 0.4) is 0 Å². The van der Waals surface area contributed by atoms with E-state index in [9.17, 15) is 14.5 Å². The fraction of sp³-hybridized carbons (Fsp3) is 0.400. The Balaban J connectivity index is 2.26. The van der Waals surface area contributed by atoms with Gasteiger partial charge in [-0.15, -0.1) is 0 Å². The van der Waals surface area contributed by atoms with Crippen molar-refractivity contribution >= 4 is 11.4 Å². The first-order valence-electron chi connectivity index (χ1n) is 5.02. The van der Waals surface area contributed by atoms with Gasteiger partial charge in [0.15, 0.2) is 5.82 Å². The summed E-state index contributed by atoms with van der Waals surface area (Å²) in [5.41, 5.74) is 5.87. The first-order chi connectivity index (χ1) is 7.58. The molecule has 86 valence electrons. The molecule has 1 fully saturated rings. The predicted octanol–water partition coefficient (Wildman–Crippen LogP) is 1.27. The van der Waals surface area contributed by atoms with E-state index in [1.165, 1.54) is 12.1 Å². The number of nitro benzene ring substituents is 1. The summed E-state index contributed by atoms with van der Waals surface area (Å²) >= 11 is 0. The smallest absolute Gasteiger partial charge is 0.272 e. The lowest BCUT2D eigenvalue weighted by atomic mass is 10.2. The van der Waals surface area contributed by atoms with E-state index in [0.717, 1.165) is 12.5 Å². The molecule has 1 aromatic carbocycles. The number of benzene rings is 1. The molecule has 1 atom stereocenters. The van der Waals surface area contributed by atoms with Crippen molar-refractivity contribution in [2.24, 2.45) is 5.73 Å². The van der Waals surface area contributed by atoms with Crippen molar-refractivity contribution in [3.05, 3.63) is 34.1 Å². The monoisotopic (exact) mass is 225 g/mol. The molecule has 0 radical (unpaired) electrons. The summed E-state index contributed by atoms with van der Waals surface area (Å²) in [6, 6.07) is 3.74. The fourth-order valence-electron chi connectivity index (χ4n) is 1.87. The number of anilines is 1. The van der Waals surface area contributed by atoms with Crippen molar-refractivity contribution in [1.29, 1.82) is 0 Å². The van der Waals surface area contributed by atoms with E-state index in [2.05, 4.69) is 0 Å². The molecule has 1 unspecified atom stereocenters. The normalized spacial score (nSPS) is 20.1. The van der Waals surface area contributed by atoms with Crippen molar-refractivity contribution < 1.29 is 9.31 Å². The molecule has 6 heteroatoms. The number of hydrogen-bond acceptors (Lipinski definition) is 4. The van der Waals surface area contributed by atoms with Crippen LogP contribution in [-0.4, -0.2) is 24.1 Å². The van der Waals surface area contributed by atoms with E-state index in [4.69, 9.17) is 5.73 Å². The molecule has 2 N–H and O–H groups in total. The zero-order chi connectivity index (χ0) is 11.7. The van der Waals surface area contributed by atoms with Crippen LogP contribution in [-0.2, 0) is 0 Å². The average molecular weight is 225 g/mol. The summed E-state index contributed by atoms with van der Waals surface area (Å²) in [5.74, 6) is -0.566. The van der Waals surface area contributed by atoms with Crippen LogP contribution in [0.25, 0.3) is 0 Å². The van der Waals surface area contributed by atoms with Crippen LogP contribution in [0.2, 0.25) is 0 Å². The van der Waals surface area contributed by atoms with Gasteiger partial charge in [0.25, 0.3) is 5.69 Å². The van der Waals surface area contributed by atoms with Crippen LogP contribution in [0.4, 0.5) is 15.8 Å². The molecule has 1 aliphatic heterocycles. The third-order valence-electron chi connectivity index (χ3n) is 2.71. The van der Waals surface area contributed by atoms with Gasteiger partial charge in [-0.1, -0.05) is 0 Å². The highest BCUT2D eigenvalue weighted by atomic mass is 19.1. The van der Waals surface area contributed by atoms with Gasteiger partial charge in [0.1, 0.15) is 0 Å². The van der Waals surface area contributed by atoms with Crippen molar-refractivity contribution in [1.82, 2.24) is 0 Å². The molecular weight excluding hydrogens is 213 g/mol. The minimum atomic E-state index is -0.609. The van der Waals surface area contributed by atoms with Gasteiger partial charge in [0, 0.05) is 25.2 Å². The van der Waals surface area contributed by atoms with Gasteiger partial charge in [-0.05, 0) is 12.5 Å². The lowest BCUT2D eigenvalue weighted by Crippen LogP contribution is -2.26. The first kappa shape index (κ1) is 10.8. The minimum Gasteiger partial charge on any atom is -0.368 e.